The van der Waals surface area contributed by atoms with Crippen molar-refractivity contribution in [2.75, 3.05) is 11.9 Å². The summed E-state index contributed by atoms with van der Waals surface area (Å²) in [7, 11) is 0. The standard InChI is InChI=1S/C13H17ClN2O3/c1-8(6-12(17)18)7-15-13(19)16-11-5-3-4-10(14)9(11)2/h3-5,8H,6-7H2,1-2H3,(H,17,18)(H2,15,16,19). The van der Waals surface area contributed by atoms with Crippen molar-refractivity contribution in [2.45, 2.75) is 20.3 Å². The number of nitrogens with one attached hydrogen (secondary N) is 2. The fraction of sp³-hybridized carbons (Fsp3) is 0.385. The monoisotopic (exact) mass is 284 g/mol. The van der Waals surface area contributed by atoms with Crippen molar-refractivity contribution in [3.63, 3.8) is 0 Å². The quantitative estimate of drug-likeness (QED) is 0.778. The van der Waals surface area contributed by atoms with Crippen LogP contribution in [-0.2, 0) is 4.79 Å². The maximum atomic E-state index is 11.7. The summed E-state index contributed by atoms with van der Waals surface area (Å²) in [5, 5.41) is 14.5. The van der Waals surface area contributed by atoms with Crippen LogP contribution in [0.2, 0.25) is 5.02 Å². The molecule has 0 fully saturated rings. The van der Waals surface area contributed by atoms with Gasteiger partial charge in [0.15, 0.2) is 0 Å². The highest BCUT2D eigenvalue weighted by Gasteiger charge is 2.10. The highest BCUT2D eigenvalue weighted by molar-refractivity contribution is 6.31. The molecule has 0 bridgehead atoms. The van der Waals surface area contributed by atoms with E-state index in [0.717, 1.165) is 5.56 Å². The van der Waals surface area contributed by atoms with Crippen molar-refractivity contribution in [3.8, 4) is 0 Å². The molecule has 0 heterocycles. The lowest BCUT2D eigenvalue weighted by atomic mass is 10.1. The Morgan fingerprint density at radius 1 is 1.42 bits per heavy atom. The maximum absolute atomic E-state index is 11.7. The molecule has 1 atom stereocenters. The summed E-state index contributed by atoms with van der Waals surface area (Å²) in [5.41, 5.74) is 1.42. The van der Waals surface area contributed by atoms with Gasteiger partial charge in [-0.3, -0.25) is 4.79 Å². The fourth-order valence-corrected chi connectivity index (χ4v) is 1.72. The summed E-state index contributed by atoms with van der Waals surface area (Å²) in [5.74, 6) is -0.996. The lowest BCUT2D eigenvalue weighted by molar-refractivity contribution is -0.137. The van der Waals surface area contributed by atoms with Crippen molar-refractivity contribution < 1.29 is 14.7 Å². The minimum Gasteiger partial charge on any atom is -0.481 e. The number of benzene rings is 1. The molecule has 0 aromatic heterocycles. The molecule has 0 aliphatic carbocycles. The summed E-state index contributed by atoms with van der Waals surface area (Å²) in [6.07, 6.45) is 0.0243. The summed E-state index contributed by atoms with van der Waals surface area (Å²) >= 11 is 5.95. The molecule has 104 valence electrons. The molecule has 0 spiro atoms. The van der Waals surface area contributed by atoms with Crippen LogP contribution in [0.5, 0.6) is 0 Å². The number of carboxylic acids is 1. The molecule has 1 aromatic carbocycles. The molecule has 1 rings (SSSR count). The number of carbonyl (C=O) groups excluding carboxylic acids is 1. The molecule has 2 amide bonds. The number of anilines is 1. The smallest absolute Gasteiger partial charge is 0.319 e. The second kappa shape index (κ2) is 6.99. The second-order valence-corrected chi connectivity index (χ2v) is 4.86. The maximum Gasteiger partial charge on any atom is 0.319 e. The number of hydrogen-bond donors (Lipinski definition) is 3. The van der Waals surface area contributed by atoms with Crippen LogP contribution in [0, 0.1) is 12.8 Å². The van der Waals surface area contributed by atoms with Gasteiger partial charge in [0.2, 0.25) is 0 Å². The molecule has 5 nitrogen and oxygen atoms in total. The molecular formula is C13H17ClN2O3. The van der Waals surface area contributed by atoms with E-state index >= 15 is 0 Å². The first-order valence-corrected chi connectivity index (χ1v) is 6.29. The van der Waals surface area contributed by atoms with E-state index in [2.05, 4.69) is 10.6 Å². The highest BCUT2D eigenvalue weighted by Crippen LogP contribution is 2.22. The Balaban J connectivity index is 2.47. The number of halogens is 1. The number of carboxylic acid groups (broad SMARTS) is 1. The third-order valence-electron chi connectivity index (χ3n) is 2.65. The second-order valence-electron chi connectivity index (χ2n) is 4.45. The van der Waals surface area contributed by atoms with E-state index in [9.17, 15) is 9.59 Å². The summed E-state index contributed by atoms with van der Waals surface area (Å²) in [4.78, 5) is 22.1. The van der Waals surface area contributed by atoms with Crippen LogP contribution in [0.1, 0.15) is 18.9 Å². The van der Waals surface area contributed by atoms with Crippen LogP contribution >= 0.6 is 11.6 Å². The topological polar surface area (TPSA) is 78.4 Å². The Labute approximate surface area is 117 Å². The number of carbonyl (C=O) groups is 2. The average molecular weight is 285 g/mol. The van der Waals surface area contributed by atoms with E-state index in [4.69, 9.17) is 16.7 Å². The third kappa shape index (κ3) is 5.18. The van der Waals surface area contributed by atoms with Gasteiger partial charge < -0.3 is 15.7 Å². The van der Waals surface area contributed by atoms with E-state index < -0.39 is 5.97 Å². The first kappa shape index (κ1) is 15.3. The number of urea groups is 1. The number of hydrogen-bond acceptors (Lipinski definition) is 2. The van der Waals surface area contributed by atoms with Crippen molar-refractivity contribution in [1.29, 1.82) is 0 Å². The van der Waals surface area contributed by atoms with Crippen LogP contribution in [0.25, 0.3) is 0 Å². The SMILES string of the molecule is Cc1c(Cl)cccc1NC(=O)NCC(C)CC(=O)O. The Morgan fingerprint density at radius 3 is 2.74 bits per heavy atom. The normalized spacial score (nSPS) is 11.7. The Kier molecular flexibility index (Phi) is 5.63. The number of aliphatic carboxylic acids is 1. The van der Waals surface area contributed by atoms with Gasteiger partial charge in [-0.25, -0.2) is 4.79 Å². The summed E-state index contributed by atoms with van der Waals surface area (Å²) < 4.78 is 0. The summed E-state index contributed by atoms with van der Waals surface area (Å²) in [6.45, 7) is 3.88. The van der Waals surface area contributed by atoms with Gasteiger partial charge in [-0.15, -0.1) is 0 Å². The Bertz CT molecular complexity index is 477. The molecule has 1 unspecified atom stereocenters. The van der Waals surface area contributed by atoms with Crippen LogP contribution in [0.15, 0.2) is 18.2 Å². The van der Waals surface area contributed by atoms with Gasteiger partial charge in [-0.1, -0.05) is 24.6 Å². The molecule has 19 heavy (non-hydrogen) atoms. The lowest BCUT2D eigenvalue weighted by Crippen LogP contribution is -2.33. The average Bonchev–Trinajstić information content (AvgIpc) is 2.32. The van der Waals surface area contributed by atoms with Crippen LogP contribution in [-0.4, -0.2) is 23.7 Å². The molecule has 0 radical (unpaired) electrons. The Hall–Kier alpha value is -1.75. The zero-order chi connectivity index (χ0) is 14.4. The molecule has 0 saturated carbocycles. The van der Waals surface area contributed by atoms with E-state index in [1.807, 2.05) is 6.92 Å². The predicted molar refractivity (Wildman–Crippen MR) is 74.6 cm³/mol. The first-order valence-electron chi connectivity index (χ1n) is 5.92. The van der Waals surface area contributed by atoms with Crippen molar-refractivity contribution in [1.82, 2.24) is 5.32 Å². The van der Waals surface area contributed by atoms with Gasteiger partial charge in [0, 0.05) is 23.7 Å². The largest absolute Gasteiger partial charge is 0.481 e. The van der Waals surface area contributed by atoms with E-state index in [0.29, 0.717) is 17.3 Å². The first-order chi connectivity index (χ1) is 8.90. The molecule has 6 heteroatoms. The third-order valence-corrected chi connectivity index (χ3v) is 3.06. The van der Waals surface area contributed by atoms with Crippen molar-refractivity contribution in [2.24, 2.45) is 5.92 Å². The van der Waals surface area contributed by atoms with Crippen molar-refractivity contribution >= 4 is 29.3 Å². The minimum absolute atomic E-state index is 0.0243. The molecule has 3 N–H and O–H groups in total. The lowest BCUT2D eigenvalue weighted by Gasteiger charge is -2.13. The van der Waals surface area contributed by atoms with Crippen LogP contribution in [0.4, 0.5) is 10.5 Å². The van der Waals surface area contributed by atoms with E-state index in [1.54, 1.807) is 25.1 Å². The van der Waals surface area contributed by atoms with Gasteiger partial charge in [-0.2, -0.15) is 0 Å². The fourth-order valence-electron chi connectivity index (χ4n) is 1.55. The zero-order valence-corrected chi connectivity index (χ0v) is 11.6. The van der Waals surface area contributed by atoms with Gasteiger partial charge in [-0.05, 0) is 30.5 Å². The van der Waals surface area contributed by atoms with Gasteiger partial charge in [0.25, 0.3) is 0 Å². The van der Waals surface area contributed by atoms with Crippen molar-refractivity contribution in [3.05, 3.63) is 28.8 Å². The molecule has 0 saturated heterocycles. The molecule has 0 aliphatic rings. The van der Waals surface area contributed by atoms with Gasteiger partial charge in [0.05, 0.1) is 0 Å². The molecular weight excluding hydrogens is 268 g/mol. The predicted octanol–water partition coefficient (Wildman–Crippen LogP) is 2.88. The summed E-state index contributed by atoms with van der Waals surface area (Å²) in [6, 6.07) is 4.87. The van der Waals surface area contributed by atoms with E-state index in [-0.39, 0.29) is 18.4 Å². The molecule has 0 aliphatic heterocycles. The zero-order valence-electron chi connectivity index (χ0n) is 10.9. The van der Waals surface area contributed by atoms with Gasteiger partial charge >= 0.3 is 12.0 Å². The Morgan fingerprint density at radius 2 is 2.11 bits per heavy atom. The minimum atomic E-state index is -0.875. The molecule has 1 aromatic rings. The van der Waals surface area contributed by atoms with Gasteiger partial charge in [0.1, 0.15) is 0 Å². The number of amides is 2. The van der Waals surface area contributed by atoms with Crippen LogP contribution < -0.4 is 10.6 Å². The van der Waals surface area contributed by atoms with Crippen LogP contribution in [0.3, 0.4) is 0 Å². The number of rotatable bonds is 5. The van der Waals surface area contributed by atoms with E-state index in [1.165, 1.54) is 0 Å². The highest BCUT2D eigenvalue weighted by atomic mass is 35.5.